The third-order valence-corrected chi connectivity index (χ3v) is 6.62. The second-order valence-electron chi connectivity index (χ2n) is 8.52. The number of H-pyrrole nitrogens is 1. The van der Waals surface area contributed by atoms with Crippen molar-refractivity contribution in [3.8, 4) is 0 Å². The van der Waals surface area contributed by atoms with Crippen molar-refractivity contribution in [2.75, 3.05) is 13.1 Å². The molecule has 4 rings (SSSR count). The van der Waals surface area contributed by atoms with E-state index >= 15 is 0 Å². The maximum absolute atomic E-state index is 13.1. The summed E-state index contributed by atoms with van der Waals surface area (Å²) in [6, 6.07) is 16.8. The van der Waals surface area contributed by atoms with Crippen molar-refractivity contribution in [3.63, 3.8) is 0 Å². The maximum atomic E-state index is 13.1. The molecule has 31 heavy (non-hydrogen) atoms. The highest BCUT2D eigenvalue weighted by Gasteiger charge is 2.21. The average Bonchev–Trinajstić information content (AvgIpc) is 3.05. The second kappa shape index (κ2) is 10.3. The van der Waals surface area contributed by atoms with Crippen LogP contribution in [0.4, 0.5) is 4.39 Å². The van der Waals surface area contributed by atoms with Crippen molar-refractivity contribution >= 4 is 11.6 Å². The van der Waals surface area contributed by atoms with E-state index in [1.165, 1.54) is 48.1 Å². The van der Waals surface area contributed by atoms with E-state index < -0.39 is 0 Å². The minimum Gasteiger partial charge on any atom is -0.297 e. The van der Waals surface area contributed by atoms with Gasteiger partial charge in [0.25, 0.3) is 5.56 Å². The van der Waals surface area contributed by atoms with Gasteiger partial charge in [0.1, 0.15) is 10.8 Å². The molecular weight excluding hydrogens is 413 g/mol. The molecule has 2 heterocycles. The summed E-state index contributed by atoms with van der Waals surface area (Å²) in [5, 5.41) is 3.42. The second-order valence-corrected chi connectivity index (χ2v) is 8.90. The van der Waals surface area contributed by atoms with Crippen molar-refractivity contribution in [2.45, 2.75) is 45.2 Å². The molecule has 1 saturated heterocycles. The Hall–Kier alpha value is -2.37. The van der Waals surface area contributed by atoms with Crippen LogP contribution in [0.2, 0.25) is 5.02 Å². The molecule has 0 amide bonds. The largest absolute Gasteiger partial charge is 0.297 e. The summed E-state index contributed by atoms with van der Waals surface area (Å²) in [5.41, 5.74) is 2.81. The monoisotopic (exact) mass is 441 g/mol. The van der Waals surface area contributed by atoms with E-state index in [9.17, 15) is 9.18 Å². The Morgan fingerprint density at radius 3 is 2.39 bits per heavy atom. The molecule has 6 heteroatoms. The van der Waals surface area contributed by atoms with Crippen molar-refractivity contribution < 1.29 is 4.39 Å². The molecule has 1 fully saturated rings. The van der Waals surface area contributed by atoms with Gasteiger partial charge in [-0.2, -0.15) is 0 Å². The number of rotatable bonds is 8. The Morgan fingerprint density at radius 2 is 1.68 bits per heavy atom. The number of halogens is 2. The van der Waals surface area contributed by atoms with Gasteiger partial charge in [-0.3, -0.25) is 14.8 Å². The third-order valence-electron chi connectivity index (χ3n) is 6.23. The van der Waals surface area contributed by atoms with Crippen LogP contribution in [0.5, 0.6) is 0 Å². The lowest BCUT2D eigenvalue weighted by atomic mass is 9.90. The van der Waals surface area contributed by atoms with Crippen molar-refractivity contribution in [3.05, 3.63) is 92.6 Å². The number of aryl methyl sites for hydroxylation is 1. The van der Waals surface area contributed by atoms with E-state index in [2.05, 4.69) is 40.3 Å². The zero-order chi connectivity index (χ0) is 21.6. The summed E-state index contributed by atoms with van der Waals surface area (Å²) >= 11 is 6.33. The van der Waals surface area contributed by atoms with Gasteiger partial charge in [0, 0.05) is 6.54 Å². The van der Waals surface area contributed by atoms with Crippen molar-refractivity contribution in [1.29, 1.82) is 0 Å². The Balaban J connectivity index is 1.26. The zero-order valence-corrected chi connectivity index (χ0v) is 18.5. The van der Waals surface area contributed by atoms with E-state index in [0.29, 0.717) is 13.1 Å². The van der Waals surface area contributed by atoms with E-state index in [1.54, 1.807) is 12.1 Å². The minimum atomic E-state index is -0.287. The predicted octanol–water partition coefficient (Wildman–Crippen LogP) is 5.25. The lowest BCUT2D eigenvalue weighted by Crippen LogP contribution is -2.33. The first kappa shape index (κ1) is 21.8. The van der Waals surface area contributed by atoms with Gasteiger partial charge in [-0.05, 0) is 68.0 Å². The number of piperidine rings is 1. The van der Waals surface area contributed by atoms with Gasteiger partial charge in [-0.25, -0.2) is 9.07 Å². The molecule has 0 bridgehead atoms. The first-order chi connectivity index (χ1) is 15.1. The van der Waals surface area contributed by atoms with Crippen LogP contribution < -0.4 is 5.56 Å². The van der Waals surface area contributed by atoms with E-state index in [4.69, 9.17) is 11.6 Å². The number of hydrogen-bond acceptors (Lipinski definition) is 2. The minimum absolute atomic E-state index is 0.225. The number of nitrogens with zero attached hydrogens (tertiary/aromatic N) is 2. The number of likely N-dealkylation sites (tertiary alicyclic amines) is 1. The predicted molar refractivity (Wildman–Crippen MR) is 123 cm³/mol. The Morgan fingerprint density at radius 1 is 0.968 bits per heavy atom. The van der Waals surface area contributed by atoms with Crippen LogP contribution in [-0.4, -0.2) is 27.8 Å². The highest BCUT2D eigenvalue weighted by molar-refractivity contribution is 6.31. The molecule has 1 N–H and O–H groups in total. The van der Waals surface area contributed by atoms with Crippen molar-refractivity contribution in [2.24, 2.45) is 5.92 Å². The number of benzene rings is 2. The molecule has 0 atom stereocenters. The normalized spacial score (nSPS) is 15.4. The molecule has 1 aromatic heterocycles. The SMILES string of the molecule is O=c1c(Cl)c(CN2CCC(CCCc3ccccc3)CC2)[nH]n1Cc1ccc(F)cc1. The van der Waals surface area contributed by atoms with Crippen LogP contribution in [0.3, 0.4) is 0 Å². The molecule has 0 spiro atoms. The summed E-state index contributed by atoms with van der Waals surface area (Å²) in [5.74, 6) is 0.488. The van der Waals surface area contributed by atoms with Crippen LogP contribution in [0.15, 0.2) is 59.4 Å². The van der Waals surface area contributed by atoms with Gasteiger partial charge >= 0.3 is 0 Å². The van der Waals surface area contributed by atoms with Gasteiger partial charge in [-0.15, -0.1) is 0 Å². The number of aromatic nitrogens is 2. The summed E-state index contributed by atoms with van der Waals surface area (Å²) in [7, 11) is 0. The summed E-state index contributed by atoms with van der Waals surface area (Å²) in [4.78, 5) is 14.9. The molecule has 3 aromatic rings. The molecule has 2 aromatic carbocycles. The average molecular weight is 442 g/mol. The maximum Gasteiger partial charge on any atom is 0.285 e. The van der Waals surface area contributed by atoms with Gasteiger partial charge in [0.2, 0.25) is 0 Å². The topological polar surface area (TPSA) is 41.0 Å². The first-order valence-electron chi connectivity index (χ1n) is 11.1. The highest BCUT2D eigenvalue weighted by atomic mass is 35.5. The van der Waals surface area contributed by atoms with Crippen LogP contribution in [-0.2, 0) is 19.5 Å². The summed E-state index contributed by atoms with van der Waals surface area (Å²) in [6.45, 7) is 3.05. The smallest absolute Gasteiger partial charge is 0.285 e. The van der Waals surface area contributed by atoms with Gasteiger partial charge in [0.05, 0.1) is 12.2 Å². The van der Waals surface area contributed by atoms with E-state index in [-0.39, 0.29) is 16.4 Å². The Kier molecular flexibility index (Phi) is 7.25. The number of nitrogens with one attached hydrogen (secondary N) is 1. The standard InChI is InChI=1S/C25H29ClFN3O/c26-24-23(28-30(25(24)31)17-21-9-11-22(27)12-10-21)18-29-15-13-20(14-16-29)8-4-7-19-5-2-1-3-6-19/h1-3,5-6,9-12,20,28H,4,7-8,13-18H2. The van der Waals surface area contributed by atoms with Crippen LogP contribution in [0.25, 0.3) is 0 Å². The van der Waals surface area contributed by atoms with Crippen molar-refractivity contribution in [1.82, 2.24) is 14.7 Å². The van der Waals surface area contributed by atoms with Gasteiger partial charge in [-0.1, -0.05) is 60.5 Å². The molecule has 0 radical (unpaired) electrons. The zero-order valence-electron chi connectivity index (χ0n) is 17.7. The third kappa shape index (κ3) is 5.86. The Labute approximate surface area is 187 Å². The van der Waals surface area contributed by atoms with Crippen LogP contribution in [0.1, 0.15) is 42.5 Å². The van der Waals surface area contributed by atoms with Crippen LogP contribution >= 0.6 is 11.6 Å². The number of hydrogen-bond donors (Lipinski definition) is 1. The molecule has 164 valence electrons. The molecular formula is C25H29ClFN3O. The lowest BCUT2D eigenvalue weighted by molar-refractivity contribution is 0.169. The molecule has 0 saturated carbocycles. The highest BCUT2D eigenvalue weighted by Crippen LogP contribution is 2.24. The van der Waals surface area contributed by atoms with Gasteiger partial charge < -0.3 is 0 Å². The summed E-state index contributed by atoms with van der Waals surface area (Å²) < 4.78 is 14.6. The quantitative estimate of drug-likeness (QED) is 0.518. The number of aromatic amines is 1. The fraction of sp³-hybridized carbons (Fsp3) is 0.400. The molecule has 1 aliphatic heterocycles. The van der Waals surface area contributed by atoms with Gasteiger partial charge in [0.15, 0.2) is 0 Å². The first-order valence-corrected chi connectivity index (χ1v) is 11.4. The van der Waals surface area contributed by atoms with Crippen LogP contribution in [0, 0.1) is 11.7 Å². The fourth-order valence-corrected chi connectivity index (χ4v) is 4.60. The fourth-order valence-electron chi connectivity index (χ4n) is 4.40. The summed E-state index contributed by atoms with van der Waals surface area (Å²) in [6.07, 6.45) is 6.04. The van der Waals surface area contributed by atoms with E-state index in [0.717, 1.165) is 36.7 Å². The molecule has 0 aliphatic carbocycles. The Bertz CT molecular complexity index is 1020. The molecule has 4 nitrogen and oxygen atoms in total. The molecule has 1 aliphatic rings. The molecule has 0 unspecified atom stereocenters. The van der Waals surface area contributed by atoms with E-state index in [1.807, 2.05) is 0 Å². The lowest BCUT2D eigenvalue weighted by Gasteiger charge is -2.31.